The molecule has 0 spiro atoms. The van der Waals surface area contributed by atoms with Crippen molar-refractivity contribution in [1.29, 1.82) is 0 Å². The first kappa shape index (κ1) is 31.2. The number of ether oxygens (including phenoxy) is 1. The van der Waals surface area contributed by atoms with E-state index >= 15 is 0 Å². The maximum Gasteiger partial charge on any atom is 0.223 e. The third-order valence-corrected chi connectivity index (χ3v) is 9.10. The highest BCUT2D eigenvalue weighted by Gasteiger charge is 2.40. The number of carbonyl (C=O) groups is 2. The zero-order chi connectivity index (χ0) is 29.6. The molecule has 0 aromatic heterocycles. The average Bonchev–Trinajstić information content (AvgIpc) is 2.94. The number of ketones is 1. The summed E-state index contributed by atoms with van der Waals surface area (Å²) in [5.41, 5.74) is 2.46. The van der Waals surface area contributed by atoms with Crippen molar-refractivity contribution < 1.29 is 14.3 Å². The van der Waals surface area contributed by atoms with Crippen LogP contribution in [0.25, 0.3) is 0 Å². The molecule has 224 valence electrons. The van der Waals surface area contributed by atoms with E-state index < -0.39 is 0 Å². The van der Waals surface area contributed by atoms with Gasteiger partial charge in [0.05, 0.1) is 6.04 Å². The summed E-state index contributed by atoms with van der Waals surface area (Å²) in [5.74, 6) is 2.07. The Morgan fingerprint density at radius 3 is 2.15 bits per heavy atom. The van der Waals surface area contributed by atoms with Crippen molar-refractivity contribution in [3.05, 3.63) is 65.7 Å². The van der Waals surface area contributed by atoms with Gasteiger partial charge in [0, 0.05) is 44.6 Å². The van der Waals surface area contributed by atoms with Gasteiger partial charge in [-0.05, 0) is 81.3 Å². The first-order chi connectivity index (χ1) is 19.5. The second-order valence-corrected chi connectivity index (χ2v) is 13.5. The van der Waals surface area contributed by atoms with E-state index in [1.807, 2.05) is 0 Å². The van der Waals surface area contributed by atoms with Crippen LogP contribution in [-0.2, 0) is 9.59 Å². The van der Waals surface area contributed by atoms with Crippen LogP contribution in [-0.4, -0.2) is 79.3 Å². The highest BCUT2D eigenvalue weighted by molar-refractivity contribution is 5.79. The lowest BCUT2D eigenvalue weighted by molar-refractivity contribution is -0.141. The molecule has 6 heteroatoms. The minimum Gasteiger partial charge on any atom is -0.492 e. The molecule has 2 aromatic carbocycles. The molecule has 2 aliphatic rings. The summed E-state index contributed by atoms with van der Waals surface area (Å²) < 4.78 is 5.97. The average molecular weight is 562 g/mol. The highest BCUT2D eigenvalue weighted by atomic mass is 16.5. The Balaban J connectivity index is 1.49. The molecule has 2 atom stereocenters. The topological polar surface area (TPSA) is 53.1 Å². The van der Waals surface area contributed by atoms with E-state index in [-0.39, 0.29) is 29.3 Å². The number of hydrogen-bond acceptors (Lipinski definition) is 5. The van der Waals surface area contributed by atoms with E-state index in [2.05, 4.69) is 104 Å². The normalized spacial score (nSPS) is 22.9. The second kappa shape index (κ2) is 14.0. The van der Waals surface area contributed by atoms with Crippen molar-refractivity contribution in [3.63, 3.8) is 0 Å². The Kier molecular flexibility index (Phi) is 10.6. The zero-order valence-corrected chi connectivity index (χ0v) is 26.1. The maximum absolute atomic E-state index is 13.7. The number of amides is 1. The first-order valence-corrected chi connectivity index (χ1v) is 15.5. The molecule has 4 rings (SSSR count). The van der Waals surface area contributed by atoms with E-state index in [1.54, 1.807) is 6.92 Å². The van der Waals surface area contributed by atoms with Crippen LogP contribution in [0.5, 0.6) is 5.75 Å². The Bertz CT molecular complexity index is 1120. The molecule has 1 saturated heterocycles. The summed E-state index contributed by atoms with van der Waals surface area (Å²) in [6.07, 6.45) is 4.45. The van der Waals surface area contributed by atoms with Crippen molar-refractivity contribution in [2.75, 3.05) is 46.9 Å². The van der Waals surface area contributed by atoms with Crippen molar-refractivity contribution in [2.45, 2.75) is 71.9 Å². The van der Waals surface area contributed by atoms with E-state index in [9.17, 15) is 9.59 Å². The van der Waals surface area contributed by atoms with E-state index in [0.717, 1.165) is 57.6 Å². The van der Waals surface area contributed by atoms with Gasteiger partial charge >= 0.3 is 0 Å². The fourth-order valence-corrected chi connectivity index (χ4v) is 6.56. The molecule has 2 fully saturated rings. The summed E-state index contributed by atoms with van der Waals surface area (Å²) in [6.45, 7) is 12.4. The van der Waals surface area contributed by atoms with E-state index in [1.165, 1.54) is 11.1 Å². The minimum absolute atomic E-state index is 0.0496. The third kappa shape index (κ3) is 8.42. The molecule has 41 heavy (non-hydrogen) atoms. The summed E-state index contributed by atoms with van der Waals surface area (Å²) >= 11 is 0. The van der Waals surface area contributed by atoms with Gasteiger partial charge in [0.25, 0.3) is 0 Å². The lowest BCUT2D eigenvalue weighted by atomic mass is 9.78. The van der Waals surface area contributed by atoms with Crippen molar-refractivity contribution in [1.82, 2.24) is 14.7 Å². The zero-order valence-electron chi connectivity index (χ0n) is 26.1. The van der Waals surface area contributed by atoms with Gasteiger partial charge in [0.1, 0.15) is 18.1 Å². The number of carbonyl (C=O) groups excluding carboxylic acids is 2. The van der Waals surface area contributed by atoms with Crippen molar-refractivity contribution >= 4 is 11.7 Å². The monoisotopic (exact) mass is 561 g/mol. The Labute approximate surface area is 248 Å². The number of nitrogens with zero attached hydrogens (tertiary/aromatic N) is 3. The smallest absolute Gasteiger partial charge is 0.223 e. The van der Waals surface area contributed by atoms with Crippen molar-refractivity contribution in [3.8, 4) is 5.75 Å². The summed E-state index contributed by atoms with van der Waals surface area (Å²) in [5, 5.41) is 0. The molecule has 2 aromatic rings. The molecule has 1 aliphatic carbocycles. The number of likely N-dealkylation sites (N-methyl/N-ethyl adjacent to an activating group) is 1. The molecule has 1 amide bonds. The van der Waals surface area contributed by atoms with Gasteiger partial charge in [-0.2, -0.15) is 0 Å². The summed E-state index contributed by atoms with van der Waals surface area (Å²) in [4.78, 5) is 32.4. The Morgan fingerprint density at radius 2 is 1.56 bits per heavy atom. The van der Waals surface area contributed by atoms with E-state index in [4.69, 9.17) is 4.74 Å². The SMILES string of the molecule is CC(=O)C1CCC(CC(=O)N2CCN(C(c3ccccc3)c3ccc(OCCN(C)C)cc3)C[C@@H]2C(C)(C)C)CC1. The third-order valence-electron chi connectivity index (χ3n) is 9.10. The molecule has 1 heterocycles. The van der Waals surface area contributed by atoms with Gasteiger partial charge in [0.15, 0.2) is 0 Å². The quantitative estimate of drug-likeness (QED) is 0.353. The fraction of sp³-hybridized carbons (Fsp3) is 0.600. The predicted octanol–water partition coefficient (Wildman–Crippen LogP) is 6.06. The first-order valence-electron chi connectivity index (χ1n) is 15.5. The minimum atomic E-state index is -0.0496. The number of hydrogen-bond donors (Lipinski definition) is 0. The Hall–Kier alpha value is -2.70. The van der Waals surface area contributed by atoms with Gasteiger partial charge in [0.2, 0.25) is 5.91 Å². The summed E-state index contributed by atoms with van der Waals surface area (Å²) in [6, 6.07) is 19.5. The van der Waals surface area contributed by atoms with Crippen LogP contribution >= 0.6 is 0 Å². The maximum atomic E-state index is 13.7. The number of piperazine rings is 1. The van der Waals surface area contributed by atoms with Crippen LogP contribution in [0.15, 0.2) is 54.6 Å². The molecular formula is C35H51N3O3. The van der Waals surface area contributed by atoms with Gasteiger partial charge in [-0.3, -0.25) is 14.5 Å². The van der Waals surface area contributed by atoms with Crippen LogP contribution in [0.1, 0.15) is 77.0 Å². The molecule has 0 N–H and O–H groups in total. The number of benzene rings is 2. The molecule has 1 aliphatic heterocycles. The lowest BCUT2D eigenvalue weighted by Crippen LogP contribution is -2.60. The van der Waals surface area contributed by atoms with Gasteiger partial charge in [-0.1, -0.05) is 63.2 Å². The molecule has 6 nitrogen and oxygen atoms in total. The van der Waals surface area contributed by atoms with Gasteiger partial charge in [-0.25, -0.2) is 0 Å². The van der Waals surface area contributed by atoms with Gasteiger partial charge in [-0.15, -0.1) is 0 Å². The molecular weight excluding hydrogens is 510 g/mol. The van der Waals surface area contributed by atoms with Crippen LogP contribution in [0.3, 0.4) is 0 Å². The summed E-state index contributed by atoms with van der Waals surface area (Å²) in [7, 11) is 4.10. The largest absolute Gasteiger partial charge is 0.492 e. The number of Topliss-reactive ketones (excluding diaryl/α,β-unsaturated/α-hetero) is 1. The fourth-order valence-electron chi connectivity index (χ4n) is 6.56. The molecule has 0 bridgehead atoms. The van der Waals surface area contributed by atoms with Crippen LogP contribution in [0.4, 0.5) is 0 Å². The van der Waals surface area contributed by atoms with Crippen LogP contribution in [0, 0.1) is 17.3 Å². The second-order valence-electron chi connectivity index (χ2n) is 13.5. The van der Waals surface area contributed by atoms with Crippen LogP contribution < -0.4 is 4.74 Å². The Morgan fingerprint density at radius 1 is 0.927 bits per heavy atom. The standard InChI is InChI=1S/C35H51N3O3/c1-26(39)28-14-12-27(13-15-28)24-33(40)38-21-20-37(25-32(38)35(2,3)4)34(29-10-8-7-9-11-29)30-16-18-31(19-17-30)41-23-22-36(5)6/h7-11,16-19,27-28,32,34H,12-15,20-25H2,1-6H3/t27?,28?,32-,34?/m1/s1. The van der Waals surface area contributed by atoms with E-state index in [0.29, 0.717) is 24.7 Å². The lowest BCUT2D eigenvalue weighted by Gasteiger charge is -2.49. The molecule has 0 radical (unpaired) electrons. The molecule has 1 unspecified atom stereocenters. The number of rotatable bonds is 10. The van der Waals surface area contributed by atoms with Gasteiger partial charge < -0.3 is 14.5 Å². The van der Waals surface area contributed by atoms with Crippen molar-refractivity contribution in [2.24, 2.45) is 17.3 Å². The highest BCUT2D eigenvalue weighted by Crippen LogP contribution is 2.37. The predicted molar refractivity (Wildman–Crippen MR) is 166 cm³/mol. The molecule has 1 saturated carbocycles. The van der Waals surface area contributed by atoms with Crippen LogP contribution in [0.2, 0.25) is 0 Å².